The molecule has 0 aromatic heterocycles. The maximum atomic E-state index is 11.1. The maximum absolute atomic E-state index is 11.1. The number of aliphatic hydroxyl groups excluding tert-OH is 1. The molecule has 2 saturated carbocycles. The topological polar surface area (TPSA) is 55.8 Å². The minimum atomic E-state index is -0.348. The summed E-state index contributed by atoms with van der Waals surface area (Å²) in [6.45, 7) is 1.45. The van der Waals surface area contributed by atoms with Crippen molar-refractivity contribution in [3.05, 3.63) is 0 Å². The molecule has 2 aliphatic rings. The molecule has 4 nitrogen and oxygen atoms in total. The molecule has 18 heavy (non-hydrogen) atoms. The van der Waals surface area contributed by atoms with Gasteiger partial charge in [0.1, 0.15) is 6.10 Å². The van der Waals surface area contributed by atoms with Crippen LogP contribution in [0.1, 0.15) is 58.3 Å². The number of carbonyl (C=O) groups is 1. The minimum absolute atomic E-state index is 0.0274. The number of ether oxygens (including phenoxy) is 2. The zero-order valence-electron chi connectivity index (χ0n) is 11.1. The molecule has 0 aromatic rings. The predicted molar refractivity (Wildman–Crippen MR) is 67.2 cm³/mol. The number of esters is 1. The Morgan fingerprint density at radius 3 is 2.11 bits per heavy atom. The van der Waals surface area contributed by atoms with Crippen molar-refractivity contribution in [1.82, 2.24) is 0 Å². The van der Waals surface area contributed by atoms with Crippen LogP contribution in [0.5, 0.6) is 0 Å². The molecule has 2 fully saturated rings. The highest BCUT2D eigenvalue weighted by Crippen LogP contribution is 2.29. The van der Waals surface area contributed by atoms with Gasteiger partial charge in [-0.1, -0.05) is 19.3 Å². The molecule has 0 aromatic carbocycles. The second kappa shape index (κ2) is 6.53. The highest BCUT2D eigenvalue weighted by Gasteiger charge is 2.33. The second-order valence-corrected chi connectivity index (χ2v) is 5.50. The summed E-state index contributed by atoms with van der Waals surface area (Å²) < 4.78 is 11.4. The van der Waals surface area contributed by atoms with Crippen LogP contribution in [0.15, 0.2) is 0 Å². The highest BCUT2D eigenvalue weighted by atomic mass is 16.6. The molecule has 4 heteroatoms. The Morgan fingerprint density at radius 1 is 0.944 bits per heavy atom. The van der Waals surface area contributed by atoms with E-state index < -0.39 is 0 Å². The maximum Gasteiger partial charge on any atom is 0.302 e. The van der Waals surface area contributed by atoms with Gasteiger partial charge < -0.3 is 14.6 Å². The third kappa shape index (κ3) is 3.69. The van der Waals surface area contributed by atoms with Crippen LogP contribution in [-0.2, 0) is 14.3 Å². The molecule has 0 amide bonds. The summed E-state index contributed by atoms with van der Waals surface area (Å²) in [6.07, 6.45) is 7.40. The van der Waals surface area contributed by atoms with Crippen LogP contribution >= 0.6 is 0 Å². The van der Waals surface area contributed by atoms with Gasteiger partial charge in [0, 0.05) is 6.92 Å². The molecular weight excluding hydrogens is 232 g/mol. The molecule has 2 aliphatic carbocycles. The van der Waals surface area contributed by atoms with Crippen molar-refractivity contribution < 1.29 is 19.4 Å². The molecule has 4 atom stereocenters. The van der Waals surface area contributed by atoms with Crippen molar-refractivity contribution in [1.29, 1.82) is 0 Å². The van der Waals surface area contributed by atoms with E-state index >= 15 is 0 Å². The molecule has 2 rings (SSSR count). The molecule has 4 unspecified atom stereocenters. The van der Waals surface area contributed by atoms with Crippen LogP contribution in [0.4, 0.5) is 0 Å². The van der Waals surface area contributed by atoms with E-state index in [-0.39, 0.29) is 30.4 Å². The van der Waals surface area contributed by atoms with Crippen LogP contribution in [0.2, 0.25) is 0 Å². The zero-order valence-corrected chi connectivity index (χ0v) is 11.1. The third-order valence-electron chi connectivity index (χ3n) is 3.98. The van der Waals surface area contributed by atoms with Crippen LogP contribution in [0, 0.1) is 0 Å². The number of rotatable bonds is 3. The standard InChI is InChI=1S/C14H24O4/c1-10(15)17-13-8-4-5-9-14(13)18-12-7-3-2-6-11(12)16/h11-14,16H,2-9H2,1H3. The Kier molecular flexibility index (Phi) is 5.01. The van der Waals surface area contributed by atoms with Crippen molar-refractivity contribution in [3.8, 4) is 0 Å². The lowest BCUT2D eigenvalue weighted by molar-refractivity contribution is -0.172. The van der Waals surface area contributed by atoms with Gasteiger partial charge in [0.15, 0.2) is 0 Å². The molecule has 0 aliphatic heterocycles. The zero-order chi connectivity index (χ0) is 13.0. The van der Waals surface area contributed by atoms with Crippen LogP contribution in [0.3, 0.4) is 0 Å². The summed E-state index contributed by atoms with van der Waals surface area (Å²) >= 11 is 0. The molecular formula is C14H24O4. The van der Waals surface area contributed by atoms with E-state index in [2.05, 4.69) is 0 Å². The second-order valence-electron chi connectivity index (χ2n) is 5.50. The molecule has 0 saturated heterocycles. The number of carbonyl (C=O) groups excluding carboxylic acids is 1. The summed E-state index contributed by atoms with van der Waals surface area (Å²) in [4.78, 5) is 11.1. The fourth-order valence-electron chi connectivity index (χ4n) is 3.03. The third-order valence-corrected chi connectivity index (χ3v) is 3.98. The first kappa shape index (κ1) is 13.8. The molecule has 0 heterocycles. The highest BCUT2D eigenvalue weighted by molar-refractivity contribution is 5.66. The molecule has 0 spiro atoms. The van der Waals surface area contributed by atoms with Gasteiger partial charge in [-0.15, -0.1) is 0 Å². The number of hydrogen-bond acceptors (Lipinski definition) is 4. The number of hydrogen-bond donors (Lipinski definition) is 1. The largest absolute Gasteiger partial charge is 0.460 e. The fourth-order valence-corrected chi connectivity index (χ4v) is 3.03. The van der Waals surface area contributed by atoms with Crippen molar-refractivity contribution in [2.24, 2.45) is 0 Å². The van der Waals surface area contributed by atoms with Gasteiger partial charge in [-0.25, -0.2) is 0 Å². The summed E-state index contributed by atoms with van der Waals surface area (Å²) in [5, 5.41) is 9.93. The Hall–Kier alpha value is -0.610. The average Bonchev–Trinajstić information content (AvgIpc) is 2.34. The lowest BCUT2D eigenvalue weighted by atomic mass is 9.91. The van der Waals surface area contributed by atoms with Crippen LogP contribution in [0.25, 0.3) is 0 Å². The van der Waals surface area contributed by atoms with Gasteiger partial charge in [-0.05, 0) is 32.1 Å². The van der Waals surface area contributed by atoms with Gasteiger partial charge in [-0.2, -0.15) is 0 Å². The van der Waals surface area contributed by atoms with E-state index in [4.69, 9.17) is 9.47 Å². The number of aliphatic hydroxyl groups is 1. The van der Waals surface area contributed by atoms with Crippen molar-refractivity contribution in [2.75, 3.05) is 0 Å². The summed E-state index contributed by atoms with van der Waals surface area (Å²) in [7, 11) is 0. The quantitative estimate of drug-likeness (QED) is 0.786. The lowest BCUT2D eigenvalue weighted by Gasteiger charge is -2.36. The van der Waals surface area contributed by atoms with Crippen LogP contribution in [-0.4, -0.2) is 35.5 Å². The molecule has 0 radical (unpaired) electrons. The van der Waals surface area contributed by atoms with E-state index in [9.17, 15) is 9.90 Å². The Balaban J connectivity index is 1.89. The van der Waals surface area contributed by atoms with Gasteiger partial charge >= 0.3 is 5.97 Å². The average molecular weight is 256 g/mol. The molecule has 0 bridgehead atoms. The van der Waals surface area contributed by atoms with Crippen LogP contribution < -0.4 is 0 Å². The van der Waals surface area contributed by atoms with E-state index in [1.165, 1.54) is 6.92 Å². The Labute approximate surface area is 109 Å². The summed E-state index contributed by atoms with van der Waals surface area (Å²) in [6, 6.07) is 0. The molecule has 1 N–H and O–H groups in total. The molecule has 104 valence electrons. The van der Waals surface area contributed by atoms with Crippen molar-refractivity contribution in [3.63, 3.8) is 0 Å². The van der Waals surface area contributed by atoms with E-state index in [0.717, 1.165) is 51.4 Å². The van der Waals surface area contributed by atoms with Gasteiger partial charge in [0.25, 0.3) is 0 Å². The SMILES string of the molecule is CC(=O)OC1CCCCC1OC1CCCCC1O. The van der Waals surface area contributed by atoms with E-state index in [1.807, 2.05) is 0 Å². The van der Waals surface area contributed by atoms with Gasteiger partial charge in [0.05, 0.1) is 18.3 Å². The first-order valence-corrected chi connectivity index (χ1v) is 7.17. The Morgan fingerprint density at radius 2 is 1.50 bits per heavy atom. The van der Waals surface area contributed by atoms with Gasteiger partial charge in [0.2, 0.25) is 0 Å². The summed E-state index contributed by atoms with van der Waals surface area (Å²) in [5.74, 6) is -0.236. The van der Waals surface area contributed by atoms with Crippen molar-refractivity contribution in [2.45, 2.75) is 82.7 Å². The minimum Gasteiger partial charge on any atom is -0.460 e. The first-order chi connectivity index (χ1) is 8.66. The Bertz CT molecular complexity index is 279. The van der Waals surface area contributed by atoms with Crippen molar-refractivity contribution >= 4 is 5.97 Å². The summed E-state index contributed by atoms with van der Waals surface area (Å²) in [5.41, 5.74) is 0. The first-order valence-electron chi connectivity index (χ1n) is 7.17. The van der Waals surface area contributed by atoms with Gasteiger partial charge in [-0.3, -0.25) is 4.79 Å². The normalized spacial score (nSPS) is 37.2. The smallest absolute Gasteiger partial charge is 0.302 e. The van der Waals surface area contributed by atoms with E-state index in [1.54, 1.807) is 0 Å². The fraction of sp³-hybridized carbons (Fsp3) is 0.929. The monoisotopic (exact) mass is 256 g/mol. The predicted octanol–water partition coefficient (Wildman–Crippen LogP) is 2.18. The van der Waals surface area contributed by atoms with E-state index in [0.29, 0.717) is 0 Å². The lowest BCUT2D eigenvalue weighted by Crippen LogP contribution is -2.42.